The van der Waals surface area contributed by atoms with Crippen LogP contribution in [0.5, 0.6) is 0 Å². The first-order valence-electron chi connectivity index (χ1n) is 5.40. The van der Waals surface area contributed by atoms with Gasteiger partial charge in [0, 0.05) is 12.7 Å². The number of carboxylic acid groups (broad SMARTS) is 1. The van der Waals surface area contributed by atoms with E-state index in [-0.39, 0.29) is 103 Å². The molecule has 10 nitrogen and oxygen atoms in total. The van der Waals surface area contributed by atoms with E-state index in [1.807, 2.05) is 0 Å². The number of aliphatic hydroxyl groups is 1. The molecular formula is C9H14K2N2O8S. The Hall–Kier alpha value is 1.55. The van der Waals surface area contributed by atoms with E-state index in [9.17, 15) is 37.6 Å². The minimum absolute atomic E-state index is 0. The summed E-state index contributed by atoms with van der Waals surface area (Å²) >= 11 is 0. The first-order chi connectivity index (χ1) is 9.03. The van der Waals surface area contributed by atoms with E-state index in [1.54, 1.807) is 5.32 Å². The molecule has 22 heavy (non-hydrogen) atoms. The smallest absolute Gasteiger partial charge is 0.748 e. The molecule has 0 aliphatic rings. The van der Waals surface area contributed by atoms with Crippen LogP contribution in [-0.4, -0.2) is 60.3 Å². The number of carbonyl (C=O) groups is 3. The van der Waals surface area contributed by atoms with Crippen molar-refractivity contribution in [2.45, 2.75) is 25.5 Å². The second-order valence-corrected chi connectivity index (χ2v) is 5.41. The molecule has 0 spiro atoms. The van der Waals surface area contributed by atoms with Gasteiger partial charge >= 0.3 is 103 Å². The van der Waals surface area contributed by atoms with Crippen LogP contribution in [-0.2, 0) is 24.5 Å². The molecule has 0 heterocycles. The van der Waals surface area contributed by atoms with Gasteiger partial charge in [0.15, 0.2) is 0 Å². The van der Waals surface area contributed by atoms with Crippen LogP contribution in [0.25, 0.3) is 0 Å². The Morgan fingerprint density at radius 2 is 1.73 bits per heavy atom. The van der Waals surface area contributed by atoms with Gasteiger partial charge in [-0.25, -0.2) is 8.42 Å². The number of aliphatic carboxylic acids is 1. The molecule has 2 atom stereocenters. The van der Waals surface area contributed by atoms with E-state index in [2.05, 4.69) is 5.32 Å². The number of carbonyl (C=O) groups excluding carboxylic acids is 3. The molecule has 0 aromatic heterocycles. The van der Waals surface area contributed by atoms with Crippen LogP contribution in [0.4, 0.5) is 0 Å². The average molecular weight is 388 g/mol. The summed E-state index contributed by atoms with van der Waals surface area (Å²) in [5.74, 6) is -4.45. The Bertz CT molecular complexity index is 484. The van der Waals surface area contributed by atoms with Crippen molar-refractivity contribution < 1.29 is 140 Å². The van der Waals surface area contributed by atoms with Crippen molar-refractivity contribution in [2.24, 2.45) is 0 Å². The van der Waals surface area contributed by atoms with Crippen molar-refractivity contribution in [2.75, 3.05) is 12.3 Å². The molecule has 116 valence electrons. The normalized spacial score (nSPS) is 12.9. The monoisotopic (exact) mass is 388 g/mol. The second kappa shape index (κ2) is 13.8. The zero-order valence-electron chi connectivity index (χ0n) is 12.5. The Morgan fingerprint density at radius 3 is 2.09 bits per heavy atom. The fourth-order valence-corrected chi connectivity index (χ4v) is 1.64. The van der Waals surface area contributed by atoms with E-state index < -0.39 is 58.8 Å². The molecule has 3 N–H and O–H groups in total. The summed E-state index contributed by atoms with van der Waals surface area (Å²) in [6, 6.07) is -1.74. The minimum Gasteiger partial charge on any atom is -0.748 e. The molecule has 0 radical (unpaired) electrons. The molecule has 0 aliphatic heterocycles. The molecule has 0 saturated carbocycles. The largest absolute Gasteiger partial charge is 1.00 e. The molecule has 0 aliphatic carbocycles. The summed E-state index contributed by atoms with van der Waals surface area (Å²) in [5.41, 5.74) is 0. The van der Waals surface area contributed by atoms with Crippen molar-refractivity contribution >= 4 is 27.9 Å². The van der Waals surface area contributed by atoms with Crippen LogP contribution in [0.1, 0.15) is 13.3 Å². The third kappa shape index (κ3) is 15.1. The number of rotatable bonds is 8. The average Bonchev–Trinajstić information content (AvgIpc) is 2.29. The van der Waals surface area contributed by atoms with Crippen LogP contribution in [0, 0.1) is 0 Å². The molecule has 13 heteroatoms. The maximum absolute atomic E-state index is 11.4. The molecule has 0 saturated heterocycles. The minimum atomic E-state index is -4.64. The van der Waals surface area contributed by atoms with Gasteiger partial charge in [0.25, 0.3) is 5.91 Å². The Balaban J connectivity index is -0.00000180. The van der Waals surface area contributed by atoms with Gasteiger partial charge in [0.1, 0.15) is 6.10 Å². The molecule has 0 rings (SSSR count). The van der Waals surface area contributed by atoms with Crippen molar-refractivity contribution in [3.05, 3.63) is 0 Å². The van der Waals surface area contributed by atoms with Crippen LogP contribution in [0.2, 0.25) is 0 Å². The molecule has 0 aromatic rings. The van der Waals surface area contributed by atoms with Crippen LogP contribution < -0.4 is 119 Å². The summed E-state index contributed by atoms with van der Waals surface area (Å²) in [6.07, 6.45) is -2.41. The van der Waals surface area contributed by atoms with E-state index in [1.165, 1.54) is 0 Å². The number of amides is 2. The summed E-state index contributed by atoms with van der Waals surface area (Å²) in [4.78, 5) is 32.6. The number of aliphatic hydroxyl groups excluding tert-OH is 1. The third-order valence-corrected chi connectivity index (χ3v) is 2.84. The number of hydrogen-bond donors (Lipinski definition) is 3. The molecule has 0 bridgehead atoms. The van der Waals surface area contributed by atoms with Gasteiger partial charge in [-0.15, -0.1) is 0 Å². The van der Waals surface area contributed by atoms with Gasteiger partial charge < -0.3 is 30.2 Å². The number of nitrogens with one attached hydrogen (secondary N) is 2. The van der Waals surface area contributed by atoms with Crippen molar-refractivity contribution in [3.63, 3.8) is 0 Å². The maximum Gasteiger partial charge on any atom is 1.00 e. The zero-order valence-corrected chi connectivity index (χ0v) is 19.6. The van der Waals surface area contributed by atoms with Gasteiger partial charge in [0.05, 0.1) is 28.7 Å². The zero-order chi connectivity index (χ0) is 15.9. The van der Waals surface area contributed by atoms with Gasteiger partial charge in [-0.05, 0) is 6.42 Å². The first-order valence-corrected chi connectivity index (χ1v) is 6.98. The summed E-state index contributed by atoms with van der Waals surface area (Å²) in [7, 11) is -4.64. The van der Waals surface area contributed by atoms with E-state index in [0.29, 0.717) is 0 Å². The predicted molar refractivity (Wildman–Crippen MR) is 60.8 cm³/mol. The van der Waals surface area contributed by atoms with E-state index in [4.69, 9.17) is 0 Å². The first kappa shape index (κ1) is 28.4. The summed E-state index contributed by atoms with van der Waals surface area (Å²) in [5, 5.41) is 23.9. The fourth-order valence-electron chi connectivity index (χ4n) is 1.11. The summed E-state index contributed by atoms with van der Waals surface area (Å²) in [6.45, 7) is 0.703. The number of carboxylic acids is 1. The molecule has 0 aromatic carbocycles. The molecule has 0 fully saturated rings. The quantitative estimate of drug-likeness (QED) is 0.271. The van der Waals surface area contributed by atoms with Gasteiger partial charge in [0.2, 0.25) is 5.91 Å². The van der Waals surface area contributed by atoms with E-state index in [0.717, 1.165) is 6.92 Å². The second-order valence-electron chi connectivity index (χ2n) is 3.88. The fraction of sp³-hybridized carbons (Fsp3) is 0.667. The standard InChI is InChI=1S/C9H16N2O8S.2K/c1-5(12)10-4-7(13)8(14)11-6(9(15)16)2-3-20(17,18)19;;/h6-7,13H,2-4H2,1H3,(H,10,12)(H,11,14)(H,15,16)(H,17,18,19);;/q;2*+1/p-2. The predicted octanol–water partition coefficient (Wildman–Crippen LogP) is -10.3. The van der Waals surface area contributed by atoms with E-state index >= 15 is 0 Å². The molecule has 2 unspecified atom stereocenters. The van der Waals surface area contributed by atoms with Crippen molar-refractivity contribution in [1.82, 2.24) is 10.6 Å². The summed E-state index contributed by atoms with van der Waals surface area (Å²) < 4.78 is 31.1. The van der Waals surface area contributed by atoms with Gasteiger partial charge in [-0.1, -0.05) is 0 Å². The Kier molecular flexibility index (Phi) is 17.8. The van der Waals surface area contributed by atoms with Gasteiger partial charge in [-0.3, -0.25) is 9.59 Å². The Morgan fingerprint density at radius 1 is 1.23 bits per heavy atom. The number of hydrogen-bond acceptors (Lipinski definition) is 8. The SMILES string of the molecule is CC(=O)NCC(O)C(=O)NC(CCS(=O)(=O)[O-])C(=O)[O-].[K+].[K+]. The third-order valence-electron chi connectivity index (χ3n) is 2.10. The Labute approximate surface area is 212 Å². The molecular weight excluding hydrogens is 374 g/mol. The van der Waals surface area contributed by atoms with Crippen LogP contribution >= 0.6 is 0 Å². The van der Waals surface area contributed by atoms with Crippen molar-refractivity contribution in [1.29, 1.82) is 0 Å². The topological polar surface area (TPSA) is 176 Å². The molecule has 2 amide bonds. The van der Waals surface area contributed by atoms with Crippen molar-refractivity contribution in [3.8, 4) is 0 Å². The van der Waals surface area contributed by atoms with Crippen LogP contribution in [0.15, 0.2) is 0 Å². The van der Waals surface area contributed by atoms with Gasteiger partial charge in [-0.2, -0.15) is 0 Å². The maximum atomic E-state index is 11.4. The van der Waals surface area contributed by atoms with Crippen LogP contribution in [0.3, 0.4) is 0 Å².